The Bertz CT molecular complexity index is 1220. The molecule has 0 aliphatic carbocycles. The Kier molecular flexibility index (Phi) is 6.81. The zero-order chi connectivity index (χ0) is 24.4. The highest BCUT2D eigenvalue weighted by Gasteiger charge is 2.23. The van der Waals surface area contributed by atoms with Gasteiger partial charge in [0.2, 0.25) is 10.0 Å². The molecule has 3 rings (SSSR count). The lowest BCUT2D eigenvalue weighted by atomic mass is 9.92. The van der Waals surface area contributed by atoms with Gasteiger partial charge < -0.3 is 5.32 Å². The number of carbonyl (C=O) groups excluding carboxylic acids is 1. The summed E-state index contributed by atoms with van der Waals surface area (Å²) in [7, 11) is -3.67. The van der Waals surface area contributed by atoms with E-state index in [-0.39, 0.29) is 16.2 Å². The second-order valence-corrected chi connectivity index (χ2v) is 11.8. The van der Waals surface area contributed by atoms with Gasteiger partial charge in [-0.2, -0.15) is 5.10 Å². The quantitative estimate of drug-likeness (QED) is 0.555. The lowest BCUT2D eigenvalue weighted by molar-refractivity contribution is 0.102. The summed E-state index contributed by atoms with van der Waals surface area (Å²) in [6.45, 7) is 12.0. The number of nitrogens with one attached hydrogen (secondary N) is 2. The van der Waals surface area contributed by atoms with Crippen LogP contribution in [0.2, 0.25) is 0 Å². The topological polar surface area (TPSA) is 93.1 Å². The minimum Gasteiger partial charge on any atom is -0.307 e. The van der Waals surface area contributed by atoms with Crippen molar-refractivity contribution in [3.05, 3.63) is 77.5 Å². The largest absolute Gasteiger partial charge is 0.307 e. The normalized spacial score (nSPS) is 12.5. The molecular formula is C25H32N4O3S. The first-order valence-electron chi connectivity index (χ1n) is 10.8. The Morgan fingerprint density at radius 1 is 0.939 bits per heavy atom. The van der Waals surface area contributed by atoms with Gasteiger partial charge in [-0.3, -0.25) is 4.79 Å². The van der Waals surface area contributed by atoms with Crippen molar-refractivity contribution in [2.75, 3.05) is 5.32 Å². The van der Waals surface area contributed by atoms with Crippen LogP contribution < -0.4 is 10.0 Å². The van der Waals surface area contributed by atoms with Crippen LogP contribution >= 0.6 is 0 Å². The van der Waals surface area contributed by atoms with Crippen LogP contribution in [-0.2, 0) is 22.0 Å². The van der Waals surface area contributed by atoms with E-state index in [2.05, 4.69) is 30.8 Å². The van der Waals surface area contributed by atoms with Gasteiger partial charge in [0.1, 0.15) is 5.82 Å². The van der Waals surface area contributed by atoms with Gasteiger partial charge >= 0.3 is 0 Å². The molecule has 1 heterocycles. The molecule has 7 nitrogen and oxygen atoms in total. The fraction of sp³-hybridized carbons (Fsp3) is 0.360. The number of anilines is 1. The fourth-order valence-corrected chi connectivity index (χ4v) is 4.62. The minimum atomic E-state index is -3.67. The van der Waals surface area contributed by atoms with E-state index in [0.29, 0.717) is 17.9 Å². The zero-order valence-electron chi connectivity index (χ0n) is 20.0. The van der Waals surface area contributed by atoms with Gasteiger partial charge in [0.25, 0.3) is 5.91 Å². The number of amides is 1. The molecule has 0 fully saturated rings. The van der Waals surface area contributed by atoms with Crippen molar-refractivity contribution >= 4 is 21.7 Å². The molecule has 0 bridgehead atoms. The number of hydrogen-bond acceptors (Lipinski definition) is 4. The van der Waals surface area contributed by atoms with Crippen molar-refractivity contribution in [1.29, 1.82) is 0 Å². The summed E-state index contributed by atoms with van der Waals surface area (Å²) in [5.41, 5.74) is 1.50. The maximum Gasteiger partial charge on any atom is 0.256 e. The Hall–Kier alpha value is -2.97. The Labute approximate surface area is 196 Å². The smallest absolute Gasteiger partial charge is 0.256 e. The van der Waals surface area contributed by atoms with Crippen molar-refractivity contribution in [2.45, 2.75) is 63.9 Å². The number of nitrogens with zero attached hydrogens (tertiary/aromatic N) is 2. The molecule has 0 unspecified atom stereocenters. The summed E-state index contributed by atoms with van der Waals surface area (Å²) in [6, 6.07) is 17.7. The lowest BCUT2D eigenvalue weighted by Crippen LogP contribution is -2.40. The first-order chi connectivity index (χ1) is 15.2. The highest BCUT2D eigenvalue weighted by atomic mass is 32.2. The van der Waals surface area contributed by atoms with Gasteiger partial charge in [0.15, 0.2) is 0 Å². The summed E-state index contributed by atoms with van der Waals surface area (Å²) in [5, 5.41) is 7.65. The average Bonchev–Trinajstić information content (AvgIpc) is 3.10. The molecule has 0 radical (unpaired) electrons. The third-order valence-corrected chi connectivity index (χ3v) is 6.61. The van der Waals surface area contributed by atoms with Crippen molar-refractivity contribution in [3.63, 3.8) is 0 Å². The molecule has 0 saturated carbocycles. The zero-order valence-corrected chi connectivity index (χ0v) is 20.8. The highest BCUT2D eigenvalue weighted by Crippen LogP contribution is 2.25. The van der Waals surface area contributed by atoms with Gasteiger partial charge in [0, 0.05) is 22.6 Å². The molecule has 176 valence electrons. The maximum atomic E-state index is 13.0. The summed E-state index contributed by atoms with van der Waals surface area (Å²) in [4.78, 5) is 13.1. The van der Waals surface area contributed by atoms with E-state index in [1.165, 1.54) is 24.3 Å². The molecular weight excluding hydrogens is 436 g/mol. The molecule has 0 spiro atoms. The van der Waals surface area contributed by atoms with E-state index >= 15 is 0 Å². The van der Waals surface area contributed by atoms with Gasteiger partial charge in [-0.15, -0.1) is 0 Å². The van der Waals surface area contributed by atoms with Crippen molar-refractivity contribution in [2.24, 2.45) is 0 Å². The van der Waals surface area contributed by atoms with Gasteiger partial charge in [-0.1, -0.05) is 51.1 Å². The standard InChI is InChI=1S/C25H32N4O3S/c1-24(2,3)21-16-22(29(27-21)17-18-10-8-7-9-11-18)26-23(30)19-12-14-20(15-13-19)33(31,32)28-25(4,5)6/h7-16,28H,17H2,1-6H3,(H,26,30). The Morgan fingerprint density at radius 2 is 1.55 bits per heavy atom. The van der Waals surface area contributed by atoms with Crippen molar-refractivity contribution < 1.29 is 13.2 Å². The number of aromatic nitrogens is 2. The molecule has 3 aromatic rings. The maximum absolute atomic E-state index is 13.0. The van der Waals surface area contributed by atoms with Crippen molar-refractivity contribution in [3.8, 4) is 0 Å². The van der Waals surface area contributed by atoms with E-state index in [9.17, 15) is 13.2 Å². The third kappa shape index (κ3) is 6.52. The summed E-state index contributed by atoms with van der Waals surface area (Å²) in [5.74, 6) is 0.247. The molecule has 0 aliphatic heterocycles. The highest BCUT2D eigenvalue weighted by molar-refractivity contribution is 7.89. The van der Waals surface area contributed by atoms with Crippen LogP contribution in [0.5, 0.6) is 0 Å². The van der Waals surface area contributed by atoms with Crippen LogP contribution in [0.15, 0.2) is 65.6 Å². The van der Waals surface area contributed by atoms with Crippen LogP contribution in [0.25, 0.3) is 0 Å². The average molecular weight is 469 g/mol. The van der Waals surface area contributed by atoms with E-state index in [4.69, 9.17) is 5.10 Å². The summed E-state index contributed by atoms with van der Waals surface area (Å²) in [6.07, 6.45) is 0. The van der Waals surface area contributed by atoms with E-state index in [1.807, 2.05) is 36.4 Å². The first-order valence-corrected chi connectivity index (χ1v) is 12.3. The van der Waals surface area contributed by atoms with Gasteiger partial charge in [-0.25, -0.2) is 17.8 Å². The first kappa shape index (κ1) is 24.7. The number of rotatable bonds is 6. The van der Waals surface area contributed by atoms with Crippen LogP contribution in [0.4, 0.5) is 5.82 Å². The second-order valence-electron chi connectivity index (χ2n) is 10.1. The minimum absolute atomic E-state index is 0.109. The molecule has 2 N–H and O–H groups in total. The van der Waals surface area contributed by atoms with Gasteiger partial charge in [0.05, 0.1) is 17.1 Å². The third-order valence-electron chi connectivity index (χ3n) is 4.83. The summed E-state index contributed by atoms with van der Waals surface area (Å²) < 4.78 is 29.4. The molecule has 2 aromatic carbocycles. The van der Waals surface area contributed by atoms with Crippen LogP contribution in [0.3, 0.4) is 0 Å². The predicted octanol–water partition coefficient (Wildman–Crippen LogP) is 4.56. The molecule has 33 heavy (non-hydrogen) atoms. The fourth-order valence-electron chi connectivity index (χ4n) is 3.20. The van der Waals surface area contributed by atoms with E-state index in [1.54, 1.807) is 25.5 Å². The van der Waals surface area contributed by atoms with Crippen molar-refractivity contribution in [1.82, 2.24) is 14.5 Å². The molecule has 1 amide bonds. The molecule has 0 atom stereocenters. The number of sulfonamides is 1. The second kappa shape index (κ2) is 9.11. The molecule has 8 heteroatoms. The Balaban J connectivity index is 1.84. The Morgan fingerprint density at radius 3 is 2.09 bits per heavy atom. The number of hydrogen-bond donors (Lipinski definition) is 2. The van der Waals surface area contributed by atoms with E-state index in [0.717, 1.165) is 11.3 Å². The van der Waals surface area contributed by atoms with Crippen LogP contribution in [0.1, 0.15) is 63.2 Å². The predicted molar refractivity (Wildman–Crippen MR) is 131 cm³/mol. The van der Waals surface area contributed by atoms with Gasteiger partial charge in [-0.05, 0) is 50.6 Å². The van der Waals surface area contributed by atoms with Crippen LogP contribution in [-0.4, -0.2) is 29.6 Å². The SMILES string of the molecule is CC(C)(C)NS(=O)(=O)c1ccc(C(=O)Nc2cc(C(C)(C)C)nn2Cc2ccccc2)cc1. The molecule has 0 aliphatic rings. The molecule has 1 aromatic heterocycles. The van der Waals surface area contributed by atoms with E-state index < -0.39 is 15.6 Å². The monoisotopic (exact) mass is 468 g/mol. The summed E-state index contributed by atoms with van der Waals surface area (Å²) >= 11 is 0. The van der Waals surface area contributed by atoms with Crippen LogP contribution in [0, 0.1) is 0 Å². The molecule has 0 saturated heterocycles. The lowest BCUT2D eigenvalue weighted by Gasteiger charge is -2.20. The number of carbonyl (C=O) groups is 1. The number of benzene rings is 2.